The van der Waals surface area contributed by atoms with Gasteiger partial charge in [0.1, 0.15) is 5.75 Å². The highest BCUT2D eigenvalue weighted by molar-refractivity contribution is 5.27. The summed E-state index contributed by atoms with van der Waals surface area (Å²) in [6.07, 6.45) is 2.10. The second-order valence-corrected chi connectivity index (χ2v) is 5.68. The highest BCUT2D eigenvalue weighted by Crippen LogP contribution is 2.23. The van der Waals surface area contributed by atoms with Crippen molar-refractivity contribution >= 4 is 0 Å². The van der Waals surface area contributed by atoms with Crippen LogP contribution in [0, 0.1) is 5.41 Å². The number of hydrogen-bond acceptors (Lipinski definition) is 2. The van der Waals surface area contributed by atoms with E-state index in [2.05, 4.69) is 39.1 Å². The first-order valence-corrected chi connectivity index (χ1v) is 6.44. The molecule has 96 valence electrons. The highest BCUT2D eigenvalue weighted by Gasteiger charge is 2.23. The van der Waals surface area contributed by atoms with Crippen LogP contribution in [0.1, 0.15) is 39.7 Å². The molecule has 0 aliphatic carbocycles. The Labute approximate surface area is 105 Å². The van der Waals surface area contributed by atoms with Crippen molar-refractivity contribution in [2.45, 2.75) is 46.6 Å². The van der Waals surface area contributed by atoms with E-state index in [1.54, 1.807) is 6.07 Å². The van der Waals surface area contributed by atoms with E-state index in [0.717, 1.165) is 19.4 Å². The number of aromatic hydroxyl groups is 1. The van der Waals surface area contributed by atoms with E-state index in [1.807, 2.05) is 12.1 Å². The fraction of sp³-hybridized carbons (Fsp3) is 0.600. The zero-order chi connectivity index (χ0) is 12.9. The summed E-state index contributed by atoms with van der Waals surface area (Å²) in [5, 5.41) is 13.0. The molecule has 1 rings (SSSR count). The summed E-state index contributed by atoms with van der Waals surface area (Å²) >= 11 is 0. The van der Waals surface area contributed by atoms with Crippen LogP contribution in [0.5, 0.6) is 5.75 Å². The number of hydrogen-bond donors (Lipinski definition) is 2. The lowest BCUT2D eigenvalue weighted by Gasteiger charge is -2.31. The van der Waals surface area contributed by atoms with Crippen LogP contribution in [0.3, 0.4) is 0 Å². The van der Waals surface area contributed by atoms with Crippen molar-refractivity contribution in [3.8, 4) is 5.75 Å². The third-order valence-electron chi connectivity index (χ3n) is 3.13. The normalized spacial score (nSPS) is 13.6. The smallest absolute Gasteiger partial charge is 0.115 e. The lowest BCUT2D eigenvalue weighted by atomic mass is 9.83. The molecular weight excluding hydrogens is 210 g/mol. The SMILES string of the molecule is CCNC(CCc1cccc(O)c1)C(C)(C)C. The van der Waals surface area contributed by atoms with Gasteiger partial charge in [0.15, 0.2) is 0 Å². The van der Waals surface area contributed by atoms with Gasteiger partial charge in [-0.15, -0.1) is 0 Å². The Morgan fingerprint density at radius 1 is 1.29 bits per heavy atom. The van der Waals surface area contributed by atoms with E-state index in [1.165, 1.54) is 5.56 Å². The van der Waals surface area contributed by atoms with Gasteiger partial charge >= 0.3 is 0 Å². The van der Waals surface area contributed by atoms with Gasteiger partial charge in [-0.05, 0) is 42.5 Å². The molecule has 2 N–H and O–H groups in total. The van der Waals surface area contributed by atoms with Gasteiger partial charge in [0.05, 0.1) is 0 Å². The molecule has 0 saturated heterocycles. The predicted octanol–water partition coefficient (Wildman–Crippen LogP) is 3.35. The van der Waals surface area contributed by atoms with Crippen molar-refractivity contribution in [3.05, 3.63) is 29.8 Å². The standard InChI is InChI=1S/C15H25NO/c1-5-16-14(15(2,3)4)10-9-12-7-6-8-13(17)11-12/h6-8,11,14,16-17H,5,9-10H2,1-4H3. The average molecular weight is 235 g/mol. The second-order valence-electron chi connectivity index (χ2n) is 5.68. The topological polar surface area (TPSA) is 32.3 Å². The number of nitrogens with one attached hydrogen (secondary N) is 1. The van der Waals surface area contributed by atoms with Gasteiger partial charge in [-0.25, -0.2) is 0 Å². The molecule has 1 aromatic rings. The van der Waals surface area contributed by atoms with E-state index in [0.29, 0.717) is 11.8 Å². The van der Waals surface area contributed by atoms with E-state index < -0.39 is 0 Å². The summed E-state index contributed by atoms with van der Waals surface area (Å²) in [4.78, 5) is 0. The first-order chi connectivity index (χ1) is 7.93. The largest absolute Gasteiger partial charge is 0.508 e. The number of phenolic OH excluding ortho intramolecular Hbond substituents is 1. The summed E-state index contributed by atoms with van der Waals surface area (Å²) in [5.74, 6) is 0.359. The Morgan fingerprint density at radius 2 is 2.00 bits per heavy atom. The number of aryl methyl sites for hydroxylation is 1. The molecular formula is C15H25NO. The molecule has 0 amide bonds. The molecule has 0 aliphatic heterocycles. The van der Waals surface area contributed by atoms with E-state index >= 15 is 0 Å². The van der Waals surface area contributed by atoms with Gasteiger partial charge in [-0.3, -0.25) is 0 Å². The summed E-state index contributed by atoms with van der Waals surface area (Å²) in [6.45, 7) is 9.95. The third-order valence-corrected chi connectivity index (χ3v) is 3.13. The third kappa shape index (κ3) is 4.78. The van der Waals surface area contributed by atoms with Crippen LogP contribution in [0.15, 0.2) is 24.3 Å². The molecule has 17 heavy (non-hydrogen) atoms. The number of benzene rings is 1. The Hall–Kier alpha value is -1.02. The molecule has 0 bridgehead atoms. The van der Waals surface area contributed by atoms with Gasteiger partial charge in [0.2, 0.25) is 0 Å². The van der Waals surface area contributed by atoms with Crippen LogP contribution in [-0.4, -0.2) is 17.7 Å². The van der Waals surface area contributed by atoms with Crippen molar-refractivity contribution < 1.29 is 5.11 Å². The first kappa shape index (κ1) is 14.0. The van der Waals surface area contributed by atoms with E-state index in [-0.39, 0.29) is 5.41 Å². The zero-order valence-corrected chi connectivity index (χ0v) is 11.5. The second kappa shape index (κ2) is 6.06. The monoisotopic (exact) mass is 235 g/mol. The Kier molecular flexibility index (Phi) is 5.01. The number of rotatable bonds is 5. The molecule has 0 aromatic heterocycles. The quantitative estimate of drug-likeness (QED) is 0.820. The predicted molar refractivity (Wildman–Crippen MR) is 73.3 cm³/mol. The molecule has 0 saturated carbocycles. The highest BCUT2D eigenvalue weighted by atomic mass is 16.3. The lowest BCUT2D eigenvalue weighted by molar-refractivity contribution is 0.258. The van der Waals surface area contributed by atoms with E-state index in [9.17, 15) is 5.11 Å². The molecule has 1 aromatic carbocycles. The molecule has 0 aliphatic rings. The minimum atomic E-state index is 0.271. The van der Waals surface area contributed by atoms with Crippen LogP contribution in [0.4, 0.5) is 0 Å². The molecule has 1 atom stereocenters. The van der Waals surface area contributed by atoms with Gasteiger partial charge < -0.3 is 10.4 Å². The van der Waals surface area contributed by atoms with Crippen LogP contribution >= 0.6 is 0 Å². The molecule has 1 unspecified atom stereocenters. The maximum atomic E-state index is 9.43. The van der Waals surface area contributed by atoms with Crippen LogP contribution in [-0.2, 0) is 6.42 Å². The van der Waals surface area contributed by atoms with Crippen LogP contribution < -0.4 is 5.32 Å². The van der Waals surface area contributed by atoms with Gasteiger partial charge in [0, 0.05) is 6.04 Å². The molecule has 0 spiro atoms. The van der Waals surface area contributed by atoms with Crippen molar-refractivity contribution in [2.24, 2.45) is 5.41 Å². The molecule has 2 nitrogen and oxygen atoms in total. The van der Waals surface area contributed by atoms with Crippen molar-refractivity contribution in [3.63, 3.8) is 0 Å². The van der Waals surface area contributed by atoms with Gasteiger partial charge in [-0.2, -0.15) is 0 Å². The summed E-state index contributed by atoms with van der Waals surface area (Å²) in [5.41, 5.74) is 1.48. The lowest BCUT2D eigenvalue weighted by Crippen LogP contribution is -2.40. The van der Waals surface area contributed by atoms with Gasteiger partial charge in [-0.1, -0.05) is 39.8 Å². The molecule has 0 fully saturated rings. The number of phenols is 1. The molecule has 2 heteroatoms. The minimum Gasteiger partial charge on any atom is -0.508 e. The maximum Gasteiger partial charge on any atom is 0.115 e. The maximum absolute atomic E-state index is 9.43. The molecule has 0 heterocycles. The Balaban J connectivity index is 2.58. The fourth-order valence-electron chi connectivity index (χ4n) is 2.11. The Bertz CT molecular complexity index is 341. The average Bonchev–Trinajstić information content (AvgIpc) is 2.22. The van der Waals surface area contributed by atoms with E-state index in [4.69, 9.17) is 0 Å². The summed E-state index contributed by atoms with van der Waals surface area (Å²) in [7, 11) is 0. The van der Waals surface area contributed by atoms with Crippen molar-refractivity contribution in [1.29, 1.82) is 0 Å². The summed E-state index contributed by atoms with van der Waals surface area (Å²) < 4.78 is 0. The van der Waals surface area contributed by atoms with Crippen molar-refractivity contribution in [2.75, 3.05) is 6.54 Å². The zero-order valence-electron chi connectivity index (χ0n) is 11.5. The van der Waals surface area contributed by atoms with Crippen LogP contribution in [0.2, 0.25) is 0 Å². The fourth-order valence-corrected chi connectivity index (χ4v) is 2.11. The van der Waals surface area contributed by atoms with Gasteiger partial charge in [0.25, 0.3) is 0 Å². The Morgan fingerprint density at radius 3 is 2.53 bits per heavy atom. The minimum absolute atomic E-state index is 0.271. The molecule has 0 radical (unpaired) electrons. The summed E-state index contributed by atoms with van der Waals surface area (Å²) in [6, 6.07) is 8.06. The van der Waals surface area contributed by atoms with Crippen LogP contribution in [0.25, 0.3) is 0 Å². The first-order valence-electron chi connectivity index (χ1n) is 6.44. The van der Waals surface area contributed by atoms with Crippen molar-refractivity contribution in [1.82, 2.24) is 5.32 Å².